The molecule has 0 aliphatic carbocycles. The summed E-state index contributed by atoms with van der Waals surface area (Å²) >= 11 is 0. The molecule has 0 aliphatic heterocycles. The van der Waals surface area contributed by atoms with Crippen LogP contribution in [0.4, 0.5) is 17.1 Å². The first kappa shape index (κ1) is 32.9. The quantitative estimate of drug-likeness (QED) is 0.143. The van der Waals surface area contributed by atoms with Crippen LogP contribution in [0.25, 0.3) is 76.1 Å². The van der Waals surface area contributed by atoms with Gasteiger partial charge in [-0.15, -0.1) is 0 Å². The Kier molecular flexibility index (Phi) is 7.78. The lowest BCUT2D eigenvalue weighted by atomic mass is 9.68. The SMILES string of the molecule is [B]c1c([B])c(N(c2ccc(-c3cccc4ccccc34)cc2)c2cc3ccccc3c3ccccc23)c(O)c([B])c1-c1cc2ccccc2c2ccccc12. The molecule has 10 rings (SSSR count). The maximum absolute atomic E-state index is 12.5. The van der Waals surface area contributed by atoms with Gasteiger partial charge in [0.25, 0.3) is 0 Å². The lowest BCUT2D eigenvalue weighted by Gasteiger charge is -2.32. The van der Waals surface area contributed by atoms with Crippen molar-refractivity contribution in [3.05, 3.63) is 176 Å². The van der Waals surface area contributed by atoms with Gasteiger partial charge in [0.05, 0.1) is 11.4 Å². The van der Waals surface area contributed by atoms with E-state index >= 15 is 0 Å². The Labute approximate surface area is 323 Å². The van der Waals surface area contributed by atoms with Crippen LogP contribution in [-0.4, -0.2) is 28.6 Å². The third-order valence-corrected chi connectivity index (χ3v) is 11.0. The molecule has 6 radical (unpaired) electrons. The van der Waals surface area contributed by atoms with Crippen molar-refractivity contribution in [2.75, 3.05) is 4.90 Å². The first-order chi connectivity index (χ1) is 27.0. The minimum Gasteiger partial charge on any atom is -0.506 e. The number of nitrogens with zero attached hydrogens (tertiary/aromatic N) is 1. The molecular weight excluding hydrogens is 663 g/mol. The molecular formula is C50H30B3NO. The molecule has 0 bridgehead atoms. The lowest BCUT2D eigenvalue weighted by Crippen LogP contribution is -2.37. The van der Waals surface area contributed by atoms with Crippen molar-refractivity contribution in [3.63, 3.8) is 0 Å². The van der Waals surface area contributed by atoms with E-state index in [1.54, 1.807) is 0 Å². The Balaban J connectivity index is 1.24. The summed E-state index contributed by atoms with van der Waals surface area (Å²) in [5.41, 5.74) is 6.14. The molecule has 0 amide bonds. The standard InChI is InChI=1S/C50H30B3NO/c51-46-45(43-28-32-13-2-5-17-37(32)39-19-7-8-21-41(39)43)47(52)50(55)49(48(46)53)54(44-29-33-14-3-6-18-38(33)40-20-9-10-22-42(40)44)34-26-24-31(25-27-34)36-23-11-15-30-12-1-4-16-35(30)36/h1-29,55H. The highest BCUT2D eigenvalue weighted by Gasteiger charge is 2.26. The number of phenolic OH excluding ortho intramolecular Hbond substituents is 1. The van der Waals surface area contributed by atoms with Crippen LogP contribution in [0.15, 0.2) is 176 Å². The van der Waals surface area contributed by atoms with Crippen molar-refractivity contribution in [1.82, 2.24) is 0 Å². The summed E-state index contributed by atoms with van der Waals surface area (Å²) in [5.74, 6) is -0.144. The van der Waals surface area contributed by atoms with Crippen molar-refractivity contribution in [3.8, 4) is 28.0 Å². The summed E-state index contributed by atoms with van der Waals surface area (Å²) in [5, 5.41) is 23.2. The smallest absolute Gasteiger partial charge is 0.132 e. The molecule has 250 valence electrons. The second-order valence-electron chi connectivity index (χ2n) is 14.1. The van der Waals surface area contributed by atoms with Crippen molar-refractivity contribution in [2.45, 2.75) is 0 Å². The number of aromatic hydroxyl groups is 1. The van der Waals surface area contributed by atoms with Crippen LogP contribution in [0, 0.1) is 0 Å². The molecule has 2 nitrogen and oxygen atoms in total. The molecule has 0 fully saturated rings. The van der Waals surface area contributed by atoms with E-state index in [1.165, 1.54) is 10.8 Å². The molecule has 0 heterocycles. The summed E-state index contributed by atoms with van der Waals surface area (Å²) in [6.07, 6.45) is 0. The number of anilines is 3. The van der Waals surface area contributed by atoms with Gasteiger partial charge in [0.2, 0.25) is 0 Å². The van der Waals surface area contributed by atoms with Gasteiger partial charge in [0, 0.05) is 11.1 Å². The van der Waals surface area contributed by atoms with Crippen LogP contribution in [0.3, 0.4) is 0 Å². The predicted molar refractivity (Wildman–Crippen MR) is 237 cm³/mol. The zero-order valence-corrected chi connectivity index (χ0v) is 29.9. The van der Waals surface area contributed by atoms with E-state index < -0.39 is 0 Å². The van der Waals surface area contributed by atoms with Crippen LogP contribution in [0.1, 0.15) is 0 Å². The van der Waals surface area contributed by atoms with Gasteiger partial charge in [-0.2, -0.15) is 0 Å². The second kappa shape index (κ2) is 13.0. The normalized spacial score (nSPS) is 11.6. The second-order valence-corrected chi connectivity index (χ2v) is 14.1. The monoisotopic (exact) mass is 693 g/mol. The maximum atomic E-state index is 12.5. The number of hydrogen-bond acceptors (Lipinski definition) is 2. The van der Waals surface area contributed by atoms with E-state index in [0.717, 1.165) is 71.2 Å². The van der Waals surface area contributed by atoms with Crippen LogP contribution in [0.5, 0.6) is 5.75 Å². The summed E-state index contributed by atoms with van der Waals surface area (Å²) in [6, 6.07) is 60.4. The van der Waals surface area contributed by atoms with Gasteiger partial charge in [-0.1, -0.05) is 163 Å². The highest BCUT2D eigenvalue weighted by atomic mass is 16.3. The Morgan fingerprint density at radius 1 is 0.382 bits per heavy atom. The Morgan fingerprint density at radius 2 is 0.891 bits per heavy atom. The zero-order valence-electron chi connectivity index (χ0n) is 29.9. The molecule has 0 unspecified atom stereocenters. The van der Waals surface area contributed by atoms with Crippen LogP contribution in [0.2, 0.25) is 0 Å². The summed E-state index contributed by atoms with van der Waals surface area (Å²) in [6.45, 7) is 0. The van der Waals surface area contributed by atoms with Crippen molar-refractivity contribution >= 4 is 111 Å². The van der Waals surface area contributed by atoms with Gasteiger partial charge in [0.15, 0.2) is 0 Å². The molecule has 1 N–H and O–H groups in total. The fourth-order valence-corrected chi connectivity index (χ4v) is 8.43. The largest absolute Gasteiger partial charge is 0.506 e. The zero-order chi connectivity index (χ0) is 37.2. The molecule has 0 spiro atoms. The van der Waals surface area contributed by atoms with Gasteiger partial charge in [-0.25, -0.2) is 0 Å². The number of hydrogen-bond donors (Lipinski definition) is 1. The van der Waals surface area contributed by atoms with Crippen LogP contribution >= 0.6 is 0 Å². The third kappa shape index (κ3) is 5.22. The Hall–Kier alpha value is -6.71. The van der Waals surface area contributed by atoms with Crippen LogP contribution in [-0.2, 0) is 0 Å². The predicted octanol–water partition coefficient (Wildman–Crippen LogP) is 10.3. The average molecular weight is 693 g/mol. The molecule has 0 saturated heterocycles. The number of phenols is 1. The van der Waals surface area contributed by atoms with E-state index in [9.17, 15) is 5.11 Å². The van der Waals surface area contributed by atoms with Gasteiger partial charge >= 0.3 is 0 Å². The fraction of sp³-hybridized carbons (Fsp3) is 0. The topological polar surface area (TPSA) is 23.5 Å². The van der Waals surface area contributed by atoms with Gasteiger partial charge in [-0.05, 0) is 100 Å². The first-order valence-corrected chi connectivity index (χ1v) is 18.4. The minimum atomic E-state index is -0.144. The molecule has 0 saturated carbocycles. The number of rotatable bonds is 5. The lowest BCUT2D eigenvalue weighted by molar-refractivity contribution is 0.481. The Bertz CT molecular complexity index is 3120. The van der Waals surface area contributed by atoms with Crippen LogP contribution < -0.4 is 21.3 Å². The van der Waals surface area contributed by atoms with E-state index in [-0.39, 0.29) is 16.7 Å². The highest BCUT2D eigenvalue weighted by Crippen LogP contribution is 2.45. The molecule has 10 aromatic rings. The number of fused-ring (bicyclic) bond motifs is 7. The van der Waals surface area contributed by atoms with E-state index in [0.29, 0.717) is 16.7 Å². The molecule has 5 heteroatoms. The third-order valence-electron chi connectivity index (χ3n) is 11.0. The summed E-state index contributed by atoms with van der Waals surface area (Å²) in [7, 11) is 21.4. The van der Waals surface area contributed by atoms with E-state index in [2.05, 4.69) is 133 Å². The molecule has 0 aromatic heterocycles. The maximum Gasteiger partial charge on any atom is 0.132 e. The molecule has 55 heavy (non-hydrogen) atoms. The van der Waals surface area contributed by atoms with Crippen molar-refractivity contribution < 1.29 is 5.11 Å². The first-order valence-electron chi connectivity index (χ1n) is 18.4. The Morgan fingerprint density at radius 3 is 1.56 bits per heavy atom. The number of benzene rings is 10. The summed E-state index contributed by atoms with van der Waals surface area (Å²) in [4.78, 5) is 2.00. The molecule has 10 aromatic carbocycles. The highest BCUT2D eigenvalue weighted by molar-refractivity contribution is 6.57. The molecule has 0 aliphatic rings. The van der Waals surface area contributed by atoms with Gasteiger partial charge < -0.3 is 10.0 Å². The fourth-order valence-electron chi connectivity index (χ4n) is 8.43. The van der Waals surface area contributed by atoms with Crippen molar-refractivity contribution in [2.24, 2.45) is 0 Å². The van der Waals surface area contributed by atoms with E-state index in [1.807, 2.05) is 47.4 Å². The van der Waals surface area contributed by atoms with Gasteiger partial charge in [-0.3, -0.25) is 0 Å². The summed E-state index contributed by atoms with van der Waals surface area (Å²) < 4.78 is 0. The minimum absolute atomic E-state index is 0.144. The van der Waals surface area contributed by atoms with E-state index in [4.69, 9.17) is 23.5 Å². The van der Waals surface area contributed by atoms with Crippen molar-refractivity contribution in [1.29, 1.82) is 0 Å². The average Bonchev–Trinajstić information content (AvgIpc) is 3.24. The van der Waals surface area contributed by atoms with Gasteiger partial charge in [0.1, 0.15) is 29.3 Å². The molecule has 0 atom stereocenters.